The molecule has 2 aliphatic rings. The average Bonchev–Trinajstić information content (AvgIpc) is 3.22. The van der Waals surface area contributed by atoms with E-state index in [4.69, 9.17) is 9.47 Å². The molecule has 1 amide bonds. The first kappa shape index (κ1) is 19.4. The van der Waals surface area contributed by atoms with Crippen molar-refractivity contribution < 1.29 is 14.3 Å². The molecule has 154 valence electrons. The number of ether oxygens (including phenoxy) is 2. The van der Waals surface area contributed by atoms with Crippen LogP contribution < -0.4 is 14.8 Å². The summed E-state index contributed by atoms with van der Waals surface area (Å²) in [7, 11) is 0. The van der Waals surface area contributed by atoms with E-state index in [0.29, 0.717) is 30.6 Å². The number of amides is 1. The summed E-state index contributed by atoms with van der Waals surface area (Å²) in [6.45, 7) is 8.31. The first-order chi connectivity index (χ1) is 14.1. The van der Waals surface area contributed by atoms with Crippen LogP contribution in [0.5, 0.6) is 11.5 Å². The third-order valence-corrected chi connectivity index (χ3v) is 5.38. The second-order valence-electron chi connectivity index (χ2n) is 7.50. The van der Waals surface area contributed by atoms with Crippen LogP contribution in [0.2, 0.25) is 0 Å². The van der Waals surface area contributed by atoms with E-state index in [1.165, 1.54) is 5.56 Å². The molecular formula is C21H27N5O3. The first-order valence-corrected chi connectivity index (χ1v) is 10.1. The highest BCUT2D eigenvalue weighted by atomic mass is 16.7. The normalized spacial score (nSPS) is 17.2. The molecule has 0 spiro atoms. The molecule has 1 fully saturated rings. The van der Waals surface area contributed by atoms with Crippen molar-refractivity contribution in [3.8, 4) is 11.5 Å². The number of fused-ring (bicyclic) bond motifs is 1. The predicted octanol–water partition coefficient (Wildman–Crippen LogP) is 2.37. The van der Waals surface area contributed by atoms with Crippen LogP contribution in [-0.2, 0) is 6.54 Å². The van der Waals surface area contributed by atoms with Crippen LogP contribution in [0.15, 0.2) is 30.6 Å². The van der Waals surface area contributed by atoms with Crippen molar-refractivity contribution in [2.75, 3.05) is 38.3 Å². The van der Waals surface area contributed by atoms with E-state index in [1.807, 2.05) is 17.0 Å². The molecule has 4 rings (SSSR count). The SMILES string of the molecule is CCC(C)Nc1cnc(C(=O)N2CCN(Cc3ccc4c(c3)OCO4)CC2)cn1. The number of piperazine rings is 1. The molecule has 0 bridgehead atoms. The average molecular weight is 397 g/mol. The van der Waals surface area contributed by atoms with Gasteiger partial charge in [-0.15, -0.1) is 0 Å². The Kier molecular flexibility index (Phi) is 5.80. The molecule has 8 heteroatoms. The molecule has 0 aliphatic carbocycles. The van der Waals surface area contributed by atoms with Gasteiger partial charge in [0.05, 0.1) is 12.4 Å². The monoisotopic (exact) mass is 397 g/mol. The van der Waals surface area contributed by atoms with Crippen molar-refractivity contribution in [3.05, 3.63) is 41.9 Å². The molecule has 1 N–H and O–H groups in total. The molecule has 2 aliphatic heterocycles. The van der Waals surface area contributed by atoms with E-state index in [-0.39, 0.29) is 12.7 Å². The largest absolute Gasteiger partial charge is 0.454 e. The van der Waals surface area contributed by atoms with E-state index >= 15 is 0 Å². The molecular weight excluding hydrogens is 370 g/mol. The summed E-state index contributed by atoms with van der Waals surface area (Å²) in [5.41, 5.74) is 1.58. The van der Waals surface area contributed by atoms with Crippen molar-refractivity contribution >= 4 is 11.7 Å². The molecule has 29 heavy (non-hydrogen) atoms. The van der Waals surface area contributed by atoms with Gasteiger partial charge >= 0.3 is 0 Å². The van der Waals surface area contributed by atoms with Crippen LogP contribution >= 0.6 is 0 Å². The lowest BCUT2D eigenvalue weighted by Gasteiger charge is -2.34. The molecule has 1 saturated heterocycles. The van der Waals surface area contributed by atoms with Crippen LogP contribution in [0.25, 0.3) is 0 Å². The molecule has 2 aromatic rings. The van der Waals surface area contributed by atoms with E-state index in [9.17, 15) is 4.79 Å². The number of anilines is 1. The second-order valence-corrected chi connectivity index (χ2v) is 7.50. The minimum Gasteiger partial charge on any atom is -0.454 e. The zero-order valence-electron chi connectivity index (χ0n) is 16.9. The number of benzene rings is 1. The van der Waals surface area contributed by atoms with Gasteiger partial charge in [-0.3, -0.25) is 9.69 Å². The second kappa shape index (κ2) is 8.65. The van der Waals surface area contributed by atoms with E-state index in [0.717, 1.165) is 37.6 Å². The summed E-state index contributed by atoms with van der Waals surface area (Å²) < 4.78 is 10.8. The maximum atomic E-state index is 12.7. The Hall–Kier alpha value is -2.87. The lowest BCUT2D eigenvalue weighted by atomic mass is 10.1. The number of nitrogens with one attached hydrogen (secondary N) is 1. The molecule has 0 saturated carbocycles. The standard InChI is InChI=1S/C21H27N5O3/c1-3-15(2)24-20-12-22-17(11-23-20)21(27)26-8-6-25(7-9-26)13-16-4-5-18-19(10-16)29-14-28-18/h4-5,10-12,15H,3,6-9,13-14H2,1-2H3,(H,23,24). The molecule has 8 nitrogen and oxygen atoms in total. The summed E-state index contributed by atoms with van der Waals surface area (Å²) in [5, 5.41) is 3.26. The number of nitrogens with zero attached hydrogens (tertiary/aromatic N) is 4. The number of aromatic nitrogens is 2. The smallest absolute Gasteiger partial charge is 0.274 e. The quantitative estimate of drug-likeness (QED) is 0.802. The van der Waals surface area contributed by atoms with Gasteiger partial charge in [-0.05, 0) is 31.0 Å². The van der Waals surface area contributed by atoms with Crippen molar-refractivity contribution in [3.63, 3.8) is 0 Å². The van der Waals surface area contributed by atoms with Crippen molar-refractivity contribution in [2.24, 2.45) is 0 Å². The minimum absolute atomic E-state index is 0.0599. The van der Waals surface area contributed by atoms with E-state index in [1.54, 1.807) is 12.4 Å². The van der Waals surface area contributed by atoms with Crippen LogP contribution in [0, 0.1) is 0 Å². The summed E-state index contributed by atoms with van der Waals surface area (Å²) in [6, 6.07) is 6.37. The van der Waals surface area contributed by atoms with E-state index < -0.39 is 0 Å². The zero-order chi connectivity index (χ0) is 20.2. The lowest BCUT2D eigenvalue weighted by molar-refractivity contribution is 0.0622. The Morgan fingerprint density at radius 3 is 2.66 bits per heavy atom. The molecule has 1 aromatic heterocycles. The lowest BCUT2D eigenvalue weighted by Crippen LogP contribution is -2.48. The molecule has 1 aromatic carbocycles. The topological polar surface area (TPSA) is 79.8 Å². The Labute approximate surface area is 170 Å². The number of hydrogen-bond donors (Lipinski definition) is 1. The maximum absolute atomic E-state index is 12.7. The minimum atomic E-state index is -0.0599. The number of rotatable bonds is 6. The van der Waals surface area contributed by atoms with Crippen molar-refractivity contribution in [2.45, 2.75) is 32.9 Å². The fourth-order valence-electron chi connectivity index (χ4n) is 3.44. The molecule has 3 heterocycles. The molecule has 1 unspecified atom stereocenters. The van der Waals surface area contributed by atoms with Gasteiger partial charge in [-0.2, -0.15) is 0 Å². The highest BCUT2D eigenvalue weighted by molar-refractivity contribution is 5.92. The summed E-state index contributed by atoms with van der Waals surface area (Å²) >= 11 is 0. The highest BCUT2D eigenvalue weighted by Gasteiger charge is 2.24. The highest BCUT2D eigenvalue weighted by Crippen LogP contribution is 2.32. The van der Waals surface area contributed by atoms with Gasteiger partial charge in [0, 0.05) is 38.8 Å². The van der Waals surface area contributed by atoms with Crippen LogP contribution in [0.1, 0.15) is 36.3 Å². The Balaban J connectivity index is 1.29. The summed E-state index contributed by atoms with van der Waals surface area (Å²) in [5.74, 6) is 2.25. The van der Waals surface area contributed by atoms with Crippen LogP contribution in [0.3, 0.4) is 0 Å². The first-order valence-electron chi connectivity index (χ1n) is 10.1. The third kappa shape index (κ3) is 4.59. The zero-order valence-corrected chi connectivity index (χ0v) is 16.9. The fraction of sp³-hybridized carbons (Fsp3) is 0.476. The molecule has 0 radical (unpaired) electrons. The van der Waals surface area contributed by atoms with Crippen molar-refractivity contribution in [1.82, 2.24) is 19.8 Å². The number of carbonyl (C=O) groups excluding carboxylic acids is 1. The van der Waals surface area contributed by atoms with Gasteiger partial charge in [0.2, 0.25) is 6.79 Å². The summed E-state index contributed by atoms with van der Waals surface area (Å²) in [4.78, 5) is 25.6. The number of carbonyl (C=O) groups is 1. The van der Waals surface area contributed by atoms with Crippen LogP contribution in [-0.4, -0.2) is 64.7 Å². The van der Waals surface area contributed by atoms with Crippen molar-refractivity contribution in [1.29, 1.82) is 0 Å². The van der Waals surface area contributed by atoms with Gasteiger partial charge in [-0.25, -0.2) is 9.97 Å². The number of hydrogen-bond acceptors (Lipinski definition) is 7. The maximum Gasteiger partial charge on any atom is 0.274 e. The van der Waals surface area contributed by atoms with Gasteiger partial charge in [0.15, 0.2) is 11.5 Å². The van der Waals surface area contributed by atoms with Crippen LogP contribution in [0.4, 0.5) is 5.82 Å². The molecule has 1 atom stereocenters. The Bertz CT molecular complexity index is 850. The van der Waals surface area contributed by atoms with E-state index in [2.05, 4.69) is 40.1 Å². The van der Waals surface area contributed by atoms with Gasteiger partial charge < -0.3 is 19.7 Å². The third-order valence-electron chi connectivity index (χ3n) is 5.38. The Morgan fingerprint density at radius 1 is 1.14 bits per heavy atom. The van der Waals surface area contributed by atoms with Gasteiger partial charge in [0.25, 0.3) is 5.91 Å². The fourth-order valence-corrected chi connectivity index (χ4v) is 3.44. The van der Waals surface area contributed by atoms with Gasteiger partial charge in [-0.1, -0.05) is 13.0 Å². The van der Waals surface area contributed by atoms with Gasteiger partial charge in [0.1, 0.15) is 11.5 Å². The summed E-state index contributed by atoms with van der Waals surface area (Å²) in [6.07, 6.45) is 4.19. The predicted molar refractivity (Wildman–Crippen MR) is 109 cm³/mol. The Morgan fingerprint density at radius 2 is 1.93 bits per heavy atom.